The van der Waals surface area contributed by atoms with Crippen LogP contribution in [-0.2, 0) is 19.2 Å². The topological polar surface area (TPSA) is 230 Å². The van der Waals surface area contributed by atoms with E-state index < -0.39 is 86.5 Å². The molecule has 0 bridgehead atoms. The average molecular weight is 899 g/mol. The normalized spacial score (nSPS) is 22.9. The minimum atomic E-state index is -2.22. The number of fused-ring (bicyclic) bond motifs is 2. The highest BCUT2D eigenvalue weighted by Gasteiger charge is 2.60. The Morgan fingerprint density at radius 1 is 0.359 bits per heavy atom. The van der Waals surface area contributed by atoms with Crippen molar-refractivity contribution >= 4 is 74.0 Å². The van der Waals surface area contributed by atoms with Crippen molar-refractivity contribution in [3.63, 3.8) is 0 Å². The molecular formula is C46H36N4O12P2. The van der Waals surface area contributed by atoms with Gasteiger partial charge in [0.1, 0.15) is 23.1 Å². The summed E-state index contributed by atoms with van der Waals surface area (Å²) in [7, 11) is -4.45. The van der Waals surface area contributed by atoms with Gasteiger partial charge < -0.3 is 20.4 Å². The predicted octanol–water partition coefficient (Wildman–Crippen LogP) is 6.25. The highest BCUT2D eigenvalue weighted by atomic mass is 31.1. The first-order valence-electron chi connectivity index (χ1n) is 20.0. The molecule has 4 amide bonds. The maximum Gasteiger partial charge on any atom is 0.336 e. The second-order valence-corrected chi connectivity index (χ2v) is 19.9. The number of hydrogen-bond acceptors (Lipinski definition) is 8. The largest absolute Gasteiger partial charge is 0.478 e. The fourth-order valence-electron chi connectivity index (χ4n) is 9.35. The van der Waals surface area contributed by atoms with Crippen LogP contribution in [0.25, 0.3) is 0 Å². The smallest absolute Gasteiger partial charge is 0.336 e. The van der Waals surface area contributed by atoms with Crippen molar-refractivity contribution in [3.05, 3.63) is 166 Å². The fourth-order valence-corrected chi connectivity index (χ4v) is 16.4. The molecule has 4 unspecified atom stereocenters. The molecule has 5 aromatic carbocycles. The summed E-state index contributed by atoms with van der Waals surface area (Å²) in [6, 6.07) is 30.9. The zero-order valence-electron chi connectivity index (χ0n) is 33.4. The second kappa shape index (κ2) is 16.4. The number of carboxylic acids is 4. The summed E-state index contributed by atoms with van der Waals surface area (Å²) in [5, 5.41) is 47.9. The van der Waals surface area contributed by atoms with Gasteiger partial charge in [-0.1, -0.05) is 97.1 Å². The van der Waals surface area contributed by atoms with Crippen LogP contribution in [0.3, 0.4) is 0 Å². The Morgan fingerprint density at radius 2 is 0.594 bits per heavy atom. The van der Waals surface area contributed by atoms with Gasteiger partial charge in [0.25, 0.3) is 0 Å². The summed E-state index contributed by atoms with van der Waals surface area (Å²) >= 11 is 0. The molecule has 4 heterocycles. The first kappa shape index (κ1) is 42.0. The molecule has 0 aliphatic carbocycles. The van der Waals surface area contributed by atoms with E-state index in [9.17, 15) is 58.8 Å². The fraction of sp³-hybridized carbons (Fsp3) is 0.174. The molecule has 9 rings (SSSR count). The molecule has 5 aromatic rings. The van der Waals surface area contributed by atoms with Crippen LogP contribution in [0.1, 0.15) is 113 Å². The van der Waals surface area contributed by atoms with Crippen molar-refractivity contribution in [2.24, 2.45) is 0 Å². The van der Waals surface area contributed by atoms with E-state index in [1.807, 2.05) is 0 Å². The van der Waals surface area contributed by atoms with Crippen molar-refractivity contribution in [1.29, 1.82) is 0 Å². The monoisotopic (exact) mass is 898 g/mol. The van der Waals surface area contributed by atoms with Gasteiger partial charge in [-0.3, -0.25) is 19.2 Å². The van der Waals surface area contributed by atoms with E-state index in [-0.39, 0.29) is 69.7 Å². The van der Waals surface area contributed by atoms with Gasteiger partial charge in [0.15, 0.2) is 0 Å². The number of carbonyl (C=O) groups is 8. The lowest BCUT2D eigenvalue weighted by molar-refractivity contribution is -0.172. The molecule has 16 nitrogen and oxygen atoms in total. The second-order valence-electron chi connectivity index (χ2n) is 15.3. The Balaban J connectivity index is 1.38. The van der Waals surface area contributed by atoms with Crippen LogP contribution in [0.4, 0.5) is 0 Å². The predicted molar refractivity (Wildman–Crippen MR) is 230 cm³/mol. The van der Waals surface area contributed by atoms with Crippen molar-refractivity contribution in [3.8, 4) is 0 Å². The van der Waals surface area contributed by atoms with Gasteiger partial charge in [-0.15, -0.1) is 0 Å². The number of carbonyl (C=O) groups excluding carboxylic acids is 4. The van der Waals surface area contributed by atoms with Crippen LogP contribution in [-0.4, -0.2) is 88.0 Å². The van der Waals surface area contributed by atoms with Crippen LogP contribution < -0.4 is 10.6 Å². The number of nitrogens with zero attached hydrogens (tertiary/aromatic N) is 4. The minimum absolute atomic E-state index is 0.151. The Morgan fingerprint density at radius 3 is 0.891 bits per heavy atom. The summed E-state index contributed by atoms with van der Waals surface area (Å²) in [5.74, 6) is -12.2. The Hall–Kier alpha value is -7.28. The van der Waals surface area contributed by atoms with Crippen LogP contribution in [0, 0.1) is 0 Å². The summed E-state index contributed by atoms with van der Waals surface area (Å²) in [6.45, 7) is 0. The Labute approximate surface area is 366 Å². The van der Waals surface area contributed by atoms with Crippen molar-refractivity contribution in [2.75, 3.05) is 0 Å². The lowest BCUT2D eigenvalue weighted by Gasteiger charge is -2.40. The molecule has 0 spiro atoms. The highest BCUT2D eigenvalue weighted by molar-refractivity contribution is 7.67. The molecule has 322 valence electrons. The van der Waals surface area contributed by atoms with Gasteiger partial charge in [0.05, 0.1) is 22.3 Å². The number of rotatable bonds is 10. The Bertz CT molecular complexity index is 2660. The van der Waals surface area contributed by atoms with Gasteiger partial charge in [-0.05, 0) is 73.0 Å². The lowest BCUT2D eigenvalue weighted by atomic mass is 10.0. The lowest BCUT2D eigenvalue weighted by Crippen LogP contribution is -2.51. The van der Waals surface area contributed by atoms with E-state index in [1.54, 1.807) is 60.7 Å². The molecule has 6 atom stereocenters. The molecule has 4 aliphatic rings. The molecule has 64 heavy (non-hydrogen) atoms. The zero-order valence-corrected chi connectivity index (χ0v) is 35.2. The number of hydrogen-bond donors (Lipinski definition) is 4. The zero-order chi connectivity index (χ0) is 45.1. The number of benzene rings is 5. The van der Waals surface area contributed by atoms with Crippen molar-refractivity contribution in [2.45, 2.75) is 48.8 Å². The quantitative estimate of drug-likeness (QED) is 0.114. The van der Waals surface area contributed by atoms with E-state index in [1.165, 1.54) is 80.7 Å². The average Bonchev–Trinajstić information content (AvgIpc) is 3.85. The van der Waals surface area contributed by atoms with Crippen LogP contribution >= 0.6 is 15.8 Å². The van der Waals surface area contributed by atoms with Crippen LogP contribution in [0.15, 0.2) is 121 Å². The third-order valence-electron chi connectivity index (χ3n) is 11.9. The number of carboxylic acid groups (broad SMARTS) is 4. The summed E-state index contributed by atoms with van der Waals surface area (Å²) in [6.07, 6.45) is -0.894. The first-order chi connectivity index (χ1) is 30.8. The van der Waals surface area contributed by atoms with Gasteiger partial charge in [0.2, 0.25) is 23.6 Å². The highest BCUT2D eigenvalue weighted by Crippen LogP contribution is 2.74. The SMILES string of the molecule is O=C(O)c1ccccc1C1N2C(=O)CCC(=O)N2[C@@H](c2ccccc2[C@@H]2N3C(=O)CCC(=O)N3C(c3ccccc3C(=O)O)P2c2ccccc2C(=O)O)P1c1ccccc1C(=O)O. The molecule has 4 aliphatic heterocycles. The maximum atomic E-state index is 14.6. The third-order valence-corrected chi connectivity index (χ3v) is 17.9. The van der Waals surface area contributed by atoms with E-state index in [0.717, 1.165) is 0 Å². The standard InChI is InChI=1S/C46H36N4O12P2/c51-35-21-23-37(53)49-41(27-13-3-5-15-29(27)43(55)56)63(33-19-9-7-17-31(33)45(59)60)39(47(35)49)25-11-1-2-12-26(25)40-48-36(52)22-24-38(54)50(48)42(28-14-4-6-16-30(28)44(57)58)64(40)34-20-10-8-18-32(34)46(61)62/h1-20,39-42H,21-24H2,(H,55,56)(H,57,58)(H,59,60)(H,61,62)/t39-,40-,41?,42?,63?,64?/m1/s1. The molecular weight excluding hydrogens is 862 g/mol. The van der Waals surface area contributed by atoms with E-state index in [0.29, 0.717) is 11.1 Å². The molecule has 4 fully saturated rings. The van der Waals surface area contributed by atoms with Gasteiger partial charge >= 0.3 is 23.9 Å². The maximum absolute atomic E-state index is 14.6. The Kier molecular flexibility index (Phi) is 10.8. The van der Waals surface area contributed by atoms with Crippen LogP contribution in [0.2, 0.25) is 0 Å². The number of hydrazine groups is 2. The van der Waals surface area contributed by atoms with E-state index in [4.69, 9.17) is 0 Å². The van der Waals surface area contributed by atoms with Crippen molar-refractivity contribution < 1.29 is 58.8 Å². The van der Waals surface area contributed by atoms with E-state index in [2.05, 4.69) is 0 Å². The van der Waals surface area contributed by atoms with Crippen molar-refractivity contribution in [1.82, 2.24) is 20.0 Å². The number of amides is 4. The van der Waals surface area contributed by atoms with Gasteiger partial charge in [-0.25, -0.2) is 39.2 Å². The molecule has 0 saturated carbocycles. The molecule has 0 radical (unpaired) electrons. The summed E-state index contributed by atoms with van der Waals surface area (Å²) in [4.78, 5) is 110. The molecule has 4 N–H and O–H groups in total. The third kappa shape index (κ3) is 6.68. The summed E-state index contributed by atoms with van der Waals surface area (Å²) in [5.41, 5.74) is 0.293. The van der Waals surface area contributed by atoms with Gasteiger partial charge in [0, 0.05) is 25.7 Å². The molecule has 4 saturated heterocycles. The minimum Gasteiger partial charge on any atom is -0.478 e. The van der Waals surface area contributed by atoms with Gasteiger partial charge in [-0.2, -0.15) is 0 Å². The number of aromatic carboxylic acids is 4. The molecule has 0 aromatic heterocycles. The molecule has 18 heteroatoms. The van der Waals surface area contributed by atoms with E-state index >= 15 is 0 Å². The summed E-state index contributed by atoms with van der Waals surface area (Å²) < 4.78 is 0. The van der Waals surface area contributed by atoms with Crippen LogP contribution in [0.5, 0.6) is 0 Å². The first-order valence-corrected chi connectivity index (χ1v) is 23.0.